The van der Waals surface area contributed by atoms with E-state index in [4.69, 9.17) is 10.9 Å². The molecule has 0 aliphatic rings. The Labute approximate surface area is 85.3 Å². The van der Waals surface area contributed by atoms with E-state index in [1.807, 2.05) is 0 Å². The van der Waals surface area contributed by atoms with Crippen LogP contribution < -0.4 is 5.84 Å². The number of carboxylic acid groups (broad SMARTS) is 1. The Morgan fingerprint density at radius 2 is 2.47 bits per heavy atom. The third-order valence-corrected chi connectivity index (χ3v) is 2.11. The summed E-state index contributed by atoms with van der Waals surface area (Å²) in [5.74, 6) is 5.15. The highest BCUT2D eigenvalue weighted by Crippen LogP contribution is 2.12. The average molecular weight is 206 g/mol. The molecule has 15 heavy (non-hydrogen) atoms. The van der Waals surface area contributed by atoms with Crippen LogP contribution in [0.5, 0.6) is 0 Å². The minimum atomic E-state index is -1.04. The van der Waals surface area contributed by atoms with Gasteiger partial charge < -0.3 is 15.9 Å². The summed E-state index contributed by atoms with van der Waals surface area (Å²) in [6.45, 7) is 0. The summed E-state index contributed by atoms with van der Waals surface area (Å²) in [6.07, 6.45) is 5.25. The van der Waals surface area contributed by atoms with Gasteiger partial charge in [-0.25, -0.2) is 9.78 Å². The Kier molecular flexibility index (Phi) is 2.17. The van der Waals surface area contributed by atoms with Crippen molar-refractivity contribution in [2.24, 2.45) is 0 Å². The molecule has 2 heterocycles. The zero-order chi connectivity index (χ0) is 10.8. The number of rotatable bonds is 3. The third-order valence-electron chi connectivity index (χ3n) is 2.11. The number of aromatic carboxylic acids is 1. The Hall–Kier alpha value is -2.24. The topological polar surface area (TPSA) is 96.9 Å². The highest BCUT2D eigenvalue weighted by atomic mass is 16.4. The molecule has 0 amide bonds. The summed E-state index contributed by atoms with van der Waals surface area (Å²) in [5, 5.41) is 8.93. The molecule has 6 nitrogen and oxygen atoms in total. The summed E-state index contributed by atoms with van der Waals surface area (Å²) >= 11 is 0. The maximum Gasteiger partial charge on any atom is 0.354 e. The quantitative estimate of drug-likeness (QED) is 0.625. The number of nitrogens with one attached hydrogen (secondary N) is 1. The fourth-order valence-corrected chi connectivity index (χ4v) is 1.46. The Bertz CT molecular complexity index is 472. The number of carbonyl (C=O) groups is 1. The first-order valence-corrected chi connectivity index (χ1v) is 4.35. The second-order valence-electron chi connectivity index (χ2n) is 3.11. The minimum Gasteiger partial charge on any atom is -0.477 e. The first-order valence-electron chi connectivity index (χ1n) is 4.35. The normalized spacial score (nSPS) is 10.4. The van der Waals surface area contributed by atoms with Gasteiger partial charge in [0.15, 0.2) is 5.69 Å². The zero-order valence-electron chi connectivity index (χ0n) is 7.84. The molecule has 6 heteroatoms. The Morgan fingerprint density at radius 3 is 3.07 bits per heavy atom. The number of H-pyrrole nitrogens is 1. The van der Waals surface area contributed by atoms with E-state index in [0.717, 1.165) is 4.68 Å². The highest BCUT2D eigenvalue weighted by Gasteiger charge is 2.15. The first kappa shape index (κ1) is 9.32. The van der Waals surface area contributed by atoms with Crippen molar-refractivity contribution in [2.75, 3.05) is 5.84 Å². The number of carboxylic acids is 1. The number of hydrogen-bond donors (Lipinski definition) is 3. The molecule has 0 aromatic carbocycles. The third kappa shape index (κ3) is 1.69. The van der Waals surface area contributed by atoms with Crippen molar-refractivity contribution in [2.45, 2.75) is 6.42 Å². The van der Waals surface area contributed by atoms with Gasteiger partial charge in [0, 0.05) is 25.0 Å². The SMILES string of the molecule is Nn1ccc(Cc2ncc[nH]2)c1C(=O)O. The van der Waals surface area contributed by atoms with Crippen molar-refractivity contribution in [3.05, 3.63) is 41.7 Å². The van der Waals surface area contributed by atoms with Gasteiger partial charge in [-0.15, -0.1) is 0 Å². The summed E-state index contributed by atoms with van der Waals surface area (Å²) in [4.78, 5) is 17.8. The lowest BCUT2D eigenvalue weighted by Crippen LogP contribution is -2.16. The monoisotopic (exact) mass is 206 g/mol. The lowest BCUT2D eigenvalue weighted by molar-refractivity contribution is 0.0686. The van der Waals surface area contributed by atoms with Crippen molar-refractivity contribution in [1.82, 2.24) is 14.6 Å². The van der Waals surface area contributed by atoms with Crippen LogP contribution in [0.15, 0.2) is 24.7 Å². The number of aromatic amines is 1. The largest absolute Gasteiger partial charge is 0.477 e. The molecule has 0 aliphatic carbocycles. The molecule has 2 aromatic heterocycles. The van der Waals surface area contributed by atoms with Crippen LogP contribution in [0.2, 0.25) is 0 Å². The molecular weight excluding hydrogens is 196 g/mol. The molecule has 0 aliphatic heterocycles. The van der Waals surface area contributed by atoms with Crippen molar-refractivity contribution < 1.29 is 9.90 Å². The fraction of sp³-hybridized carbons (Fsp3) is 0.111. The van der Waals surface area contributed by atoms with E-state index >= 15 is 0 Å². The van der Waals surface area contributed by atoms with E-state index in [1.165, 1.54) is 6.20 Å². The molecular formula is C9H10N4O2. The van der Waals surface area contributed by atoms with Gasteiger partial charge in [-0.3, -0.25) is 4.68 Å². The number of nitrogen functional groups attached to an aromatic ring is 1. The molecule has 2 rings (SSSR count). The molecule has 4 N–H and O–H groups in total. The van der Waals surface area contributed by atoms with Gasteiger partial charge in [0.1, 0.15) is 5.82 Å². The van der Waals surface area contributed by atoms with Gasteiger partial charge in [-0.2, -0.15) is 0 Å². The lowest BCUT2D eigenvalue weighted by Gasteiger charge is -2.00. The van der Waals surface area contributed by atoms with Gasteiger partial charge in [-0.1, -0.05) is 0 Å². The number of nitrogens with two attached hydrogens (primary N) is 1. The summed E-state index contributed by atoms with van der Waals surface area (Å²) in [7, 11) is 0. The zero-order valence-corrected chi connectivity index (χ0v) is 7.84. The molecule has 2 aromatic rings. The predicted molar refractivity (Wildman–Crippen MR) is 52.9 cm³/mol. The summed E-state index contributed by atoms with van der Waals surface area (Å²) in [6, 6.07) is 1.67. The molecule has 0 saturated heterocycles. The minimum absolute atomic E-state index is 0.0893. The maximum atomic E-state index is 10.9. The van der Waals surface area contributed by atoms with E-state index in [0.29, 0.717) is 17.8 Å². The van der Waals surface area contributed by atoms with Gasteiger partial charge in [0.05, 0.1) is 0 Å². The van der Waals surface area contributed by atoms with Crippen LogP contribution in [-0.4, -0.2) is 25.7 Å². The first-order chi connectivity index (χ1) is 7.18. The van der Waals surface area contributed by atoms with E-state index < -0.39 is 5.97 Å². The number of aromatic nitrogens is 3. The molecule has 0 spiro atoms. The Balaban J connectivity index is 2.33. The van der Waals surface area contributed by atoms with E-state index in [1.54, 1.807) is 18.5 Å². The van der Waals surface area contributed by atoms with Crippen LogP contribution in [-0.2, 0) is 6.42 Å². The molecule has 78 valence electrons. The molecule has 0 bridgehead atoms. The molecule has 0 fully saturated rings. The molecule has 0 atom stereocenters. The number of hydrogen-bond acceptors (Lipinski definition) is 3. The van der Waals surface area contributed by atoms with Crippen molar-refractivity contribution in [3.63, 3.8) is 0 Å². The highest BCUT2D eigenvalue weighted by molar-refractivity contribution is 5.87. The lowest BCUT2D eigenvalue weighted by atomic mass is 10.1. The maximum absolute atomic E-state index is 10.9. The number of nitrogens with zero attached hydrogens (tertiary/aromatic N) is 2. The van der Waals surface area contributed by atoms with Crippen molar-refractivity contribution >= 4 is 5.97 Å². The fourth-order valence-electron chi connectivity index (χ4n) is 1.46. The van der Waals surface area contributed by atoms with Gasteiger partial charge >= 0.3 is 5.97 Å². The number of imidazole rings is 1. The van der Waals surface area contributed by atoms with E-state index in [9.17, 15) is 4.79 Å². The van der Waals surface area contributed by atoms with Gasteiger partial charge in [0.2, 0.25) is 0 Å². The summed E-state index contributed by atoms with van der Waals surface area (Å²) < 4.78 is 1.10. The van der Waals surface area contributed by atoms with Gasteiger partial charge in [0.25, 0.3) is 0 Å². The Morgan fingerprint density at radius 1 is 1.67 bits per heavy atom. The molecule has 0 unspecified atom stereocenters. The second kappa shape index (κ2) is 3.49. The standard InChI is InChI=1S/C9H10N4O2/c10-13-4-1-6(8(13)9(14)15)5-7-11-2-3-12-7/h1-4H,5,10H2,(H,11,12)(H,14,15). The summed E-state index contributed by atoms with van der Waals surface area (Å²) in [5.41, 5.74) is 0.728. The van der Waals surface area contributed by atoms with Crippen LogP contribution in [0, 0.1) is 0 Å². The molecule has 0 saturated carbocycles. The van der Waals surface area contributed by atoms with Crippen molar-refractivity contribution in [1.29, 1.82) is 0 Å². The molecule has 0 radical (unpaired) electrons. The van der Waals surface area contributed by atoms with Crippen molar-refractivity contribution in [3.8, 4) is 0 Å². The second-order valence-corrected chi connectivity index (χ2v) is 3.11. The van der Waals surface area contributed by atoms with E-state index in [2.05, 4.69) is 9.97 Å². The van der Waals surface area contributed by atoms with Crippen LogP contribution >= 0.6 is 0 Å². The van der Waals surface area contributed by atoms with Crippen LogP contribution in [0.1, 0.15) is 21.9 Å². The van der Waals surface area contributed by atoms with Crippen LogP contribution in [0.25, 0.3) is 0 Å². The van der Waals surface area contributed by atoms with E-state index in [-0.39, 0.29) is 5.69 Å². The van der Waals surface area contributed by atoms with Crippen LogP contribution in [0.4, 0.5) is 0 Å². The van der Waals surface area contributed by atoms with Gasteiger partial charge in [-0.05, 0) is 11.6 Å². The smallest absolute Gasteiger partial charge is 0.354 e. The predicted octanol–water partition coefficient (Wildman–Crippen LogP) is 0.214. The average Bonchev–Trinajstić information content (AvgIpc) is 2.76. The van der Waals surface area contributed by atoms with Crippen LogP contribution in [0.3, 0.4) is 0 Å².